The van der Waals surface area contributed by atoms with E-state index in [1.54, 1.807) is 42.7 Å². The molecule has 2 aromatic carbocycles. The maximum Gasteiger partial charge on any atom is 0.167 e. The quantitative estimate of drug-likeness (QED) is 0.375. The zero-order valence-electron chi connectivity index (χ0n) is 18.4. The van der Waals surface area contributed by atoms with Crippen molar-refractivity contribution in [2.75, 3.05) is 0 Å². The Balaban J connectivity index is 1.48. The highest BCUT2D eigenvalue weighted by Gasteiger charge is 2.22. The number of aliphatic imine (C=N–C) groups is 1. The lowest BCUT2D eigenvalue weighted by atomic mass is 9.96. The third-order valence-corrected chi connectivity index (χ3v) is 5.82. The predicted molar refractivity (Wildman–Crippen MR) is 125 cm³/mol. The van der Waals surface area contributed by atoms with Crippen molar-refractivity contribution in [2.45, 2.75) is 19.3 Å². The predicted octanol–water partition coefficient (Wildman–Crippen LogP) is 4.96. The Labute approximate surface area is 199 Å². The number of pyridine rings is 1. The van der Waals surface area contributed by atoms with Gasteiger partial charge in [-0.1, -0.05) is 18.2 Å². The van der Waals surface area contributed by atoms with Crippen molar-refractivity contribution in [1.82, 2.24) is 15.0 Å². The first-order chi connectivity index (χ1) is 17.0. The second-order valence-corrected chi connectivity index (χ2v) is 8.00. The van der Waals surface area contributed by atoms with Crippen molar-refractivity contribution in [3.8, 4) is 17.3 Å². The third kappa shape index (κ3) is 4.32. The van der Waals surface area contributed by atoms with Crippen LogP contribution in [0.4, 0.5) is 14.5 Å². The van der Waals surface area contributed by atoms with E-state index in [2.05, 4.69) is 19.9 Å². The summed E-state index contributed by atoms with van der Waals surface area (Å²) < 4.78 is 30.3. The highest BCUT2D eigenvalue weighted by molar-refractivity contribution is 5.97. The Bertz CT molecular complexity index is 1540. The molecule has 0 unspecified atom stereocenters. The van der Waals surface area contributed by atoms with Crippen molar-refractivity contribution in [3.63, 3.8) is 0 Å². The molecule has 0 fully saturated rings. The molecule has 0 bridgehead atoms. The molecule has 1 aliphatic heterocycles. The Morgan fingerprint density at radius 1 is 1.06 bits per heavy atom. The van der Waals surface area contributed by atoms with Gasteiger partial charge in [0.25, 0.3) is 0 Å². The van der Waals surface area contributed by atoms with Gasteiger partial charge in [0.15, 0.2) is 5.78 Å². The normalized spacial score (nSPS) is 11.8. The zero-order chi connectivity index (χ0) is 24.4. The lowest BCUT2D eigenvalue weighted by molar-refractivity contribution is 0.0991. The lowest BCUT2D eigenvalue weighted by Crippen LogP contribution is -2.09. The maximum atomic E-state index is 15.5. The van der Waals surface area contributed by atoms with Crippen LogP contribution in [0.25, 0.3) is 11.3 Å². The number of fused-ring (bicyclic) bond motifs is 1. The summed E-state index contributed by atoms with van der Waals surface area (Å²) in [7, 11) is 0. The average Bonchev–Trinajstić information content (AvgIpc) is 3.38. The molecule has 3 heterocycles. The molecular weight excluding hydrogens is 448 g/mol. The number of carbonyl (C=O) groups is 1. The summed E-state index contributed by atoms with van der Waals surface area (Å²) in [6, 6.07) is 14.1. The van der Waals surface area contributed by atoms with Gasteiger partial charge in [0, 0.05) is 48.4 Å². The number of benzene rings is 2. The van der Waals surface area contributed by atoms with Gasteiger partial charge in [-0.2, -0.15) is 5.26 Å². The van der Waals surface area contributed by atoms with E-state index in [0.29, 0.717) is 40.2 Å². The lowest BCUT2D eigenvalue weighted by Gasteiger charge is -2.13. The van der Waals surface area contributed by atoms with E-state index in [4.69, 9.17) is 5.26 Å². The Kier molecular flexibility index (Phi) is 5.90. The molecule has 0 N–H and O–H groups in total. The number of halogens is 2. The monoisotopic (exact) mass is 465 g/mol. The van der Waals surface area contributed by atoms with Crippen LogP contribution in [0, 0.1) is 23.0 Å². The molecule has 0 atom stereocenters. The Morgan fingerprint density at radius 2 is 1.94 bits per heavy atom. The second-order valence-electron chi connectivity index (χ2n) is 8.00. The van der Waals surface area contributed by atoms with E-state index in [-0.39, 0.29) is 29.8 Å². The number of nitriles is 1. The first kappa shape index (κ1) is 22.2. The van der Waals surface area contributed by atoms with Crippen LogP contribution in [0.3, 0.4) is 0 Å². The Morgan fingerprint density at radius 3 is 2.80 bits per heavy atom. The molecule has 35 heavy (non-hydrogen) atoms. The molecule has 0 spiro atoms. The fraction of sp³-hybridized carbons (Fsp3) is 0.111. The number of hydrogen-bond acceptors (Lipinski definition) is 6. The van der Waals surface area contributed by atoms with E-state index >= 15 is 4.39 Å². The minimum atomic E-state index is -0.794. The summed E-state index contributed by atoms with van der Waals surface area (Å²) in [6.45, 7) is 0. The highest BCUT2D eigenvalue weighted by atomic mass is 19.1. The third-order valence-electron chi connectivity index (χ3n) is 5.82. The van der Waals surface area contributed by atoms with Crippen LogP contribution in [0.5, 0.6) is 0 Å². The first-order valence-electron chi connectivity index (χ1n) is 10.8. The number of rotatable bonds is 6. The molecule has 8 heteroatoms. The van der Waals surface area contributed by atoms with Crippen LogP contribution >= 0.6 is 0 Å². The molecule has 170 valence electrons. The smallest absolute Gasteiger partial charge is 0.167 e. The summed E-state index contributed by atoms with van der Waals surface area (Å²) in [5.74, 6) is -1.89. The molecule has 0 saturated heterocycles. The van der Waals surface area contributed by atoms with Crippen LogP contribution in [-0.4, -0.2) is 26.9 Å². The number of aromatic nitrogens is 3. The van der Waals surface area contributed by atoms with Crippen molar-refractivity contribution in [2.24, 2.45) is 4.99 Å². The molecule has 1 aliphatic rings. The van der Waals surface area contributed by atoms with Gasteiger partial charge in [-0.05, 0) is 35.9 Å². The van der Waals surface area contributed by atoms with Crippen molar-refractivity contribution >= 4 is 17.7 Å². The van der Waals surface area contributed by atoms with Crippen molar-refractivity contribution in [3.05, 3.63) is 106 Å². The summed E-state index contributed by atoms with van der Waals surface area (Å²) in [4.78, 5) is 30.1. The van der Waals surface area contributed by atoms with E-state index in [9.17, 15) is 9.18 Å². The number of nitrogens with zero attached hydrogens (tertiary/aromatic N) is 5. The van der Waals surface area contributed by atoms with Crippen LogP contribution < -0.4 is 0 Å². The van der Waals surface area contributed by atoms with Crippen LogP contribution in [-0.2, 0) is 19.3 Å². The minimum Gasteiger partial charge on any atom is -0.294 e. The summed E-state index contributed by atoms with van der Waals surface area (Å²) >= 11 is 0. The standard InChI is InChI=1S/C27H17F2N5O/c28-21-7-6-18(12-24(35)17-4-1-3-16(11-17)14-30)25(29)20(21)13-23-19(5-2-9-31-23)26-27-22(8-10-32-27)33-15-34-26/h1-7,9-11,15H,8,12-13H2. The molecule has 6 nitrogen and oxygen atoms in total. The van der Waals surface area contributed by atoms with Gasteiger partial charge in [-0.3, -0.25) is 14.8 Å². The van der Waals surface area contributed by atoms with Gasteiger partial charge in [-0.25, -0.2) is 18.7 Å². The SMILES string of the molecule is N#Cc1cccc(C(=O)Cc2ccc(F)c(Cc3ncccc3-c3ncnc4c3N=CC4)c2F)c1. The molecular formula is C27H17F2N5O. The molecule has 2 aromatic heterocycles. The highest BCUT2D eigenvalue weighted by Crippen LogP contribution is 2.35. The van der Waals surface area contributed by atoms with E-state index < -0.39 is 11.6 Å². The fourth-order valence-electron chi connectivity index (χ4n) is 4.06. The van der Waals surface area contributed by atoms with Gasteiger partial charge in [-0.15, -0.1) is 0 Å². The zero-order valence-corrected chi connectivity index (χ0v) is 18.4. The largest absolute Gasteiger partial charge is 0.294 e. The number of ketones is 1. The van der Waals surface area contributed by atoms with Crippen molar-refractivity contribution < 1.29 is 13.6 Å². The van der Waals surface area contributed by atoms with Crippen molar-refractivity contribution in [1.29, 1.82) is 5.26 Å². The summed E-state index contributed by atoms with van der Waals surface area (Å²) in [5.41, 5.74) is 3.51. The molecule has 0 aliphatic carbocycles. The molecule has 0 amide bonds. The van der Waals surface area contributed by atoms with Gasteiger partial charge in [0.2, 0.25) is 0 Å². The van der Waals surface area contributed by atoms with Crippen LogP contribution in [0.15, 0.2) is 66.0 Å². The van der Waals surface area contributed by atoms with E-state index in [0.717, 1.165) is 11.8 Å². The van der Waals surface area contributed by atoms with Gasteiger partial charge < -0.3 is 0 Å². The van der Waals surface area contributed by atoms with Crippen LogP contribution in [0.1, 0.15) is 38.4 Å². The molecule has 0 radical (unpaired) electrons. The Hall–Kier alpha value is -4.64. The number of Topliss-reactive ketones (excluding diaryl/α,β-unsaturated/α-hetero) is 1. The number of hydrogen-bond donors (Lipinski definition) is 0. The fourth-order valence-corrected chi connectivity index (χ4v) is 4.06. The van der Waals surface area contributed by atoms with Gasteiger partial charge in [0.05, 0.1) is 23.0 Å². The molecule has 4 aromatic rings. The average molecular weight is 465 g/mol. The minimum absolute atomic E-state index is 0.0683. The van der Waals surface area contributed by atoms with E-state index in [1.807, 2.05) is 6.07 Å². The topological polar surface area (TPSA) is 91.9 Å². The van der Waals surface area contributed by atoms with Gasteiger partial charge in [0.1, 0.15) is 29.3 Å². The summed E-state index contributed by atoms with van der Waals surface area (Å²) in [6.07, 6.45) is 4.92. The molecule has 5 rings (SSSR count). The van der Waals surface area contributed by atoms with Gasteiger partial charge >= 0.3 is 0 Å². The number of carbonyl (C=O) groups excluding carboxylic acids is 1. The summed E-state index contributed by atoms with van der Waals surface area (Å²) in [5, 5.41) is 9.06. The van der Waals surface area contributed by atoms with Crippen LogP contribution in [0.2, 0.25) is 0 Å². The molecule has 0 saturated carbocycles. The second kappa shape index (κ2) is 9.31. The maximum absolute atomic E-state index is 15.5. The first-order valence-corrected chi connectivity index (χ1v) is 10.8. The van der Waals surface area contributed by atoms with E-state index in [1.165, 1.54) is 18.5 Å².